The molecule has 0 amide bonds. The first-order valence-corrected chi connectivity index (χ1v) is 3.09. The number of hydrogen-bond acceptors (Lipinski definition) is 3. The summed E-state index contributed by atoms with van der Waals surface area (Å²) in [5.41, 5.74) is 0. The summed E-state index contributed by atoms with van der Waals surface area (Å²) in [5.74, 6) is 0. The molecule has 1 aliphatic heterocycles. The number of aldehydes is 1. The number of aliphatic hydroxyl groups excluding tert-OH is 1. The molecule has 0 aromatic carbocycles. The van der Waals surface area contributed by atoms with E-state index in [1.54, 1.807) is 0 Å². The zero-order chi connectivity index (χ0) is 6.85. The lowest BCUT2D eigenvalue weighted by atomic mass is 10.2. The van der Waals surface area contributed by atoms with Crippen molar-refractivity contribution in [1.29, 1.82) is 0 Å². The highest BCUT2D eigenvalue weighted by molar-refractivity contribution is 5.59. The maximum atomic E-state index is 10.2. The highest BCUT2D eigenvalue weighted by atomic mass is 16.3. The van der Waals surface area contributed by atoms with E-state index in [0.29, 0.717) is 0 Å². The molecule has 0 unspecified atom stereocenters. The van der Waals surface area contributed by atoms with Gasteiger partial charge in [-0.2, -0.15) is 0 Å². The van der Waals surface area contributed by atoms with Gasteiger partial charge >= 0.3 is 0 Å². The van der Waals surface area contributed by atoms with Gasteiger partial charge in [-0.05, 0) is 13.5 Å². The Morgan fingerprint density at radius 1 is 1.78 bits per heavy atom. The van der Waals surface area contributed by atoms with Crippen LogP contribution in [0.4, 0.5) is 0 Å². The molecule has 0 aromatic rings. The van der Waals surface area contributed by atoms with Gasteiger partial charge in [-0.3, -0.25) is 4.90 Å². The van der Waals surface area contributed by atoms with E-state index in [-0.39, 0.29) is 6.04 Å². The third kappa shape index (κ3) is 1.11. The first kappa shape index (κ1) is 6.71. The Kier molecular flexibility index (Phi) is 1.83. The molecule has 2 atom stereocenters. The molecule has 1 aliphatic rings. The van der Waals surface area contributed by atoms with Gasteiger partial charge in [0.2, 0.25) is 0 Å². The Balaban J connectivity index is 2.54. The van der Waals surface area contributed by atoms with Crippen LogP contribution in [0.1, 0.15) is 6.42 Å². The summed E-state index contributed by atoms with van der Waals surface area (Å²) in [4.78, 5) is 12.1. The minimum atomic E-state index is -0.438. The normalized spacial score (nSPS) is 37.1. The number of nitrogens with zero attached hydrogens (tertiary/aromatic N) is 1. The average Bonchev–Trinajstić information content (AvgIpc) is 2.12. The molecule has 1 heterocycles. The Morgan fingerprint density at radius 2 is 2.44 bits per heavy atom. The molecule has 0 saturated carbocycles. The Hall–Kier alpha value is -0.410. The largest absolute Gasteiger partial charge is 0.391 e. The molecular formula is C6H11NO2. The number of carbonyl (C=O) groups excluding carboxylic acids is 1. The predicted molar refractivity (Wildman–Crippen MR) is 33.1 cm³/mol. The quantitative estimate of drug-likeness (QED) is 0.473. The fraction of sp³-hybridized carbons (Fsp3) is 0.833. The van der Waals surface area contributed by atoms with Gasteiger partial charge in [0.05, 0.1) is 12.1 Å². The molecule has 0 bridgehead atoms. The topological polar surface area (TPSA) is 40.5 Å². The van der Waals surface area contributed by atoms with Crippen molar-refractivity contribution in [3.63, 3.8) is 0 Å². The van der Waals surface area contributed by atoms with Gasteiger partial charge in [0.25, 0.3) is 0 Å². The SMILES string of the molecule is CN1CC[C@@H](O)[C@H]1C=O. The van der Waals surface area contributed by atoms with E-state index in [0.717, 1.165) is 19.3 Å². The van der Waals surface area contributed by atoms with E-state index >= 15 is 0 Å². The van der Waals surface area contributed by atoms with Crippen molar-refractivity contribution >= 4 is 6.29 Å². The number of likely N-dealkylation sites (N-methyl/N-ethyl adjacent to an activating group) is 1. The smallest absolute Gasteiger partial charge is 0.139 e. The summed E-state index contributed by atoms with van der Waals surface area (Å²) < 4.78 is 0. The van der Waals surface area contributed by atoms with Gasteiger partial charge < -0.3 is 9.90 Å². The van der Waals surface area contributed by atoms with Crippen molar-refractivity contribution in [2.45, 2.75) is 18.6 Å². The van der Waals surface area contributed by atoms with Crippen LogP contribution < -0.4 is 0 Å². The van der Waals surface area contributed by atoms with Crippen molar-refractivity contribution in [2.24, 2.45) is 0 Å². The second-order valence-electron chi connectivity index (χ2n) is 2.46. The Morgan fingerprint density at radius 3 is 2.67 bits per heavy atom. The highest BCUT2D eigenvalue weighted by Gasteiger charge is 2.29. The van der Waals surface area contributed by atoms with E-state index < -0.39 is 6.10 Å². The monoisotopic (exact) mass is 129 g/mol. The van der Waals surface area contributed by atoms with Gasteiger partial charge in [0.15, 0.2) is 0 Å². The summed E-state index contributed by atoms with van der Waals surface area (Å²) in [6.45, 7) is 0.824. The minimum absolute atomic E-state index is 0.259. The van der Waals surface area contributed by atoms with Crippen LogP contribution in [0, 0.1) is 0 Å². The summed E-state index contributed by atoms with van der Waals surface area (Å²) in [5, 5.41) is 9.09. The van der Waals surface area contributed by atoms with Gasteiger partial charge in [-0.25, -0.2) is 0 Å². The summed E-state index contributed by atoms with van der Waals surface area (Å²) in [7, 11) is 1.84. The lowest BCUT2D eigenvalue weighted by Gasteiger charge is -2.13. The van der Waals surface area contributed by atoms with Crippen LogP contribution in [0.5, 0.6) is 0 Å². The minimum Gasteiger partial charge on any atom is -0.391 e. The maximum Gasteiger partial charge on any atom is 0.139 e. The molecule has 0 aliphatic carbocycles. The summed E-state index contributed by atoms with van der Waals surface area (Å²) in [6, 6.07) is -0.259. The first-order chi connectivity index (χ1) is 4.25. The molecule has 1 rings (SSSR count). The van der Waals surface area contributed by atoms with Crippen LogP contribution in [0.2, 0.25) is 0 Å². The highest BCUT2D eigenvalue weighted by Crippen LogP contribution is 2.12. The second-order valence-corrected chi connectivity index (χ2v) is 2.46. The average molecular weight is 129 g/mol. The third-order valence-corrected chi connectivity index (χ3v) is 1.82. The number of aliphatic hydroxyl groups is 1. The van der Waals surface area contributed by atoms with Crippen LogP contribution in [0.3, 0.4) is 0 Å². The van der Waals surface area contributed by atoms with Crippen molar-refractivity contribution < 1.29 is 9.90 Å². The fourth-order valence-corrected chi connectivity index (χ4v) is 1.14. The van der Waals surface area contributed by atoms with Crippen LogP contribution in [-0.2, 0) is 4.79 Å². The summed E-state index contributed by atoms with van der Waals surface area (Å²) >= 11 is 0. The lowest BCUT2D eigenvalue weighted by molar-refractivity contribution is -0.113. The standard InChI is InChI=1S/C6H11NO2/c1-7-3-2-6(9)5(7)4-8/h4-6,9H,2-3H2,1H3/t5-,6-/m1/s1. The molecule has 0 radical (unpaired) electrons. The molecular weight excluding hydrogens is 118 g/mol. The van der Waals surface area contributed by atoms with Crippen molar-refractivity contribution in [3.8, 4) is 0 Å². The van der Waals surface area contributed by atoms with E-state index in [9.17, 15) is 4.79 Å². The fourth-order valence-electron chi connectivity index (χ4n) is 1.14. The van der Waals surface area contributed by atoms with Gasteiger partial charge in [0.1, 0.15) is 6.29 Å². The third-order valence-electron chi connectivity index (χ3n) is 1.82. The maximum absolute atomic E-state index is 10.2. The molecule has 1 fully saturated rings. The zero-order valence-electron chi connectivity index (χ0n) is 5.45. The van der Waals surface area contributed by atoms with E-state index in [1.165, 1.54) is 0 Å². The molecule has 3 nitrogen and oxygen atoms in total. The zero-order valence-corrected chi connectivity index (χ0v) is 5.45. The molecule has 0 spiro atoms. The van der Waals surface area contributed by atoms with Crippen molar-refractivity contribution in [2.75, 3.05) is 13.6 Å². The van der Waals surface area contributed by atoms with E-state index in [4.69, 9.17) is 5.11 Å². The number of carbonyl (C=O) groups is 1. The Bertz CT molecular complexity index is 106. The number of hydrogen-bond donors (Lipinski definition) is 1. The van der Waals surface area contributed by atoms with E-state index in [2.05, 4.69) is 0 Å². The summed E-state index contributed by atoms with van der Waals surface area (Å²) in [6.07, 6.45) is 1.09. The molecule has 9 heavy (non-hydrogen) atoms. The molecule has 1 N–H and O–H groups in total. The number of likely N-dealkylation sites (tertiary alicyclic amines) is 1. The number of rotatable bonds is 1. The van der Waals surface area contributed by atoms with Gasteiger partial charge in [0, 0.05) is 6.54 Å². The lowest BCUT2D eigenvalue weighted by Crippen LogP contribution is -2.33. The van der Waals surface area contributed by atoms with Gasteiger partial charge in [-0.1, -0.05) is 0 Å². The first-order valence-electron chi connectivity index (χ1n) is 3.09. The van der Waals surface area contributed by atoms with E-state index in [1.807, 2.05) is 11.9 Å². The van der Waals surface area contributed by atoms with Crippen LogP contribution in [0.15, 0.2) is 0 Å². The predicted octanol–water partition coefficient (Wildman–Crippen LogP) is -0.750. The van der Waals surface area contributed by atoms with Crippen LogP contribution in [-0.4, -0.2) is 42.0 Å². The Labute approximate surface area is 54.3 Å². The molecule has 1 saturated heterocycles. The van der Waals surface area contributed by atoms with Crippen molar-refractivity contribution in [1.82, 2.24) is 4.90 Å². The second kappa shape index (κ2) is 2.45. The molecule has 52 valence electrons. The molecule has 0 aromatic heterocycles. The van der Waals surface area contributed by atoms with Crippen LogP contribution in [0.25, 0.3) is 0 Å². The van der Waals surface area contributed by atoms with Gasteiger partial charge in [-0.15, -0.1) is 0 Å². The molecule has 3 heteroatoms. The van der Waals surface area contributed by atoms with Crippen LogP contribution >= 0.6 is 0 Å². The van der Waals surface area contributed by atoms with Crippen molar-refractivity contribution in [3.05, 3.63) is 0 Å².